The largest absolute Gasteiger partial charge is 0.495 e. The monoisotopic (exact) mass is 436 g/mol. The number of hydrogen-bond donors (Lipinski definition) is 0. The molecule has 4 rings (SSSR count). The van der Waals surface area contributed by atoms with Crippen molar-refractivity contribution in [2.24, 2.45) is 0 Å². The molecule has 0 unspecified atom stereocenters. The van der Waals surface area contributed by atoms with Gasteiger partial charge in [0.2, 0.25) is 0 Å². The van der Waals surface area contributed by atoms with Crippen molar-refractivity contribution in [3.8, 4) is 5.75 Å². The summed E-state index contributed by atoms with van der Waals surface area (Å²) in [6, 6.07) is 13.4. The third-order valence-electron chi connectivity index (χ3n) is 4.80. The summed E-state index contributed by atoms with van der Waals surface area (Å²) in [6.45, 7) is 0. The highest BCUT2D eigenvalue weighted by atomic mass is 79.9. The molecule has 0 N–H and O–H groups in total. The number of fused-ring (bicyclic) bond motifs is 1. The van der Waals surface area contributed by atoms with Gasteiger partial charge in [0.25, 0.3) is 0 Å². The molecule has 0 saturated carbocycles. The number of halogens is 1. The molecule has 0 spiro atoms. The van der Waals surface area contributed by atoms with Crippen LogP contribution in [0.25, 0.3) is 0 Å². The van der Waals surface area contributed by atoms with E-state index in [0.29, 0.717) is 17.1 Å². The van der Waals surface area contributed by atoms with E-state index in [9.17, 15) is 13.2 Å². The lowest BCUT2D eigenvalue weighted by atomic mass is 10.1. The van der Waals surface area contributed by atoms with Crippen molar-refractivity contribution in [3.63, 3.8) is 0 Å². The lowest BCUT2D eigenvalue weighted by Crippen LogP contribution is -2.38. The normalized spacial score (nSPS) is 24.0. The molecule has 0 aliphatic carbocycles. The lowest BCUT2D eigenvalue weighted by molar-refractivity contribution is 0.255. The Morgan fingerprint density at radius 1 is 1.04 bits per heavy atom. The molecule has 136 valence electrons. The van der Waals surface area contributed by atoms with Crippen molar-refractivity contribution in [3.05, 3.63) is 53.0 Å². The Bertz CT molecular complexity index is 979. The number of sulfone groups is 1. The second kappa shape index (κ2) is 6.28. The van der Waals surface area contributed by atoms with Gasteiger partial charge in [-0.1, -0.05) is 34.1 Å². The fraction of sp³-hybridized carbons (Fsp3) is 0.278. The van der Waals surface area contributed by atoms with Crippen molar-refractivity contribution in [2.75, 3.05) is 28.4 Å². The van der Waals surface area contributed by atoms with Crippen LogP contribution in [0.3, 0.4) is 0 Å². The minimum atomic E-state index is -3.23. The topological polar surface area (TPSA) is 66.9 Å². The SMILES string of the molecule is COc1ccccc1N1C(=O)N(c2cccc(Br)c2)[C@@H]2CS(=O)(=O)C[C@@H]21. The number of amides is 2. The van der Waals surface area contributed by atoms with Gasteiger partial charge in [-0.3, -0.25) is 9.80 Å². The van der Waals surface area contributed by atoms with Crippen molar-refractivity contribution in [1.82, 2.24) is 0 Å². The molecule has 0 radical (unpaired) electrons. The summed E-state index contributed by atoms with van der Waals surface area (Å²) in [4.78, 5) is 16.5. The molecule has 2 heterocycles. The Morgan fingerprint density at radius 2 is 1.73 bits per heavy atom. The van der Waals surface area contributed by atoms with E-state index in [1.54, 1.807) is 21.9 Å². The van der Waals surface area contributed by atoms with Crippen LogP contribution in [0.5, 0.6) is 5.75 Å². The van der Waals surface area contributed by atoms with Gasteiger partial charge >= 0.3 is 6.03 Å². The van der Waals surface area contributed by atoms with Crippen LogP contribution in [0.1, 0.15) is 0 Å². The van der Waals surface area contributed by atoms with E-state index in [0.717, 1.165) is 4.47 Å². The van der Waals surface area contributed by atoms with Crippen molar-refractivity contribution >= 4 is 43.2 Å². The molecule has 0 aromatic heterocycles. The van der Waals surface area contributed by atoms with Gasteiger partial charge in [-0.25, -0.2) is 13.2 Å². The lowest BCUT2D eigenvalue weighted by Gasteiger charge is -2.24. The van der Waals surface area contributed by atoms with Gasteiger partial charge in [0.15, 0.2) is 9.84 Å². The number of hydrogen-bond acceptors (Lipinski definition) is 4. The van der Waals surface area contributed by atoms with Crippen LogP contribution >= 0.6 is 15.9 Å². The standard InChI is InChI=1S/C18H17BrN2O4S/c1-25-17-8-3-2-7-14(17)21-16-11-26(23,24)10-15(16)20(18(21)22)13-6-4-5-12(19)9-13/h2-9,15-16H,10-11H2,1H3/t15-,16+/m1/s1. The second-order valence-corrected chi connectivity index (χ2v) is 9.46. The summed E-state index contributed by atoms with van der Waals surface area (Å²) in [5.74, 6) is 0.452. The van der Waals surface area contributed by atoms with E-state index in [-0.39, 0.29) is 17.5 Å². The zero-order valence-electron chi connectivity index (χ0n) is 14.0. The predicted octanol–water partition coefficient (Wildman–Crippen LogP) is 3.07. The van der Waals surface area contributed by atoms with E-state index in [1.165, 1.54) is 7.11 Å². The van der Waals surface area contributed by atoms with Crippen LogP contribution in [0.4, 0.5) is 16.2 Å². The first-order chi connectivity index (χ1) is 12.4. The zero-order valence-corrected chi connectivity index (χ0v) is 16.4. The van der Waals surface area contributed by atoms with E-state index in [1.807, 2.05) is 36.4 Å². The van der Waals surface area contributed by atoms with Crippen LogP contribution < -0.4 is 14.5 Å². The Hall–Kier alpha value is -2.06. The van der Waals surface area contributed by atoms with Gasteiger partial charge in [0.1, 0.15) is 5.75 Å². The van der Waals surface area contributed by atoms with Crippen LogP contribution in [-0.4, -0.2) is 45.1 Å². The molecule has 2 aliphatic rings. The van der Waals surface area contributed by atoms with Gasteiger partial charge in [-0.2, -0.15) is 0 Å². The number of para-hydroxylation sites is 2. The number of carbonyl (C=O) groups is 1. The van der Waals surface area contributed by atoms with Crippen LogP contribution in [0.2, 0.25) is 0 Å². The van der Waals surface area contributed by atoms with Gasteiger partial charge in [-0.15, -0.1) is 0 Å². The highest BCUT2D eigenvalue weighted by Gasteiger charge is 2.55. The Morgan fingerprint density at radius 3 is 2.42 bits per heavy atom. The summed E-state index contributed by atoms with van der Waals surface area (Å²) < 4.78 is 30.9. The van der Waals surface area contributed by atoms with Gasteiger partial charge < -0.3 is 4.74 Å². The Kier molecular flexibility index (Phi) is 4.19. The summed E-state index contributed by atoms with van der Waals surface area (Å²) in [5, 5.41) is 0. The van der Waals surface area contributed by atoms with Crippen LogP contribution in [0, 0.1) is 0 Å². The summed E-state index contributed by atoms with van der Waals surface area (Å²) in [5.41, 5.74) is 1.26. The molecular formula is C18H17BrN2O4S. The maximum Gasteiger partial charge on any atom is 0.329 e. The average Bonchev–Trinajstić information content (AvgIpc) is 3.03. The number of anilines is 2. The highest BCUT2D eigenvalue weighted by Crippen LogP contribution is 2.41. The van der Waals surface area contributed by atoms with Gasteiger partial charge in [-0.05, 0) is 30.3 Å². The van der Waals surface area contributed by atoms with E-state index >= 15 is 0 Å². The molecule has 2 saturated heterocycles. The van der Waals surface area contributed by atoms with Crippen molar-refractivity contribution < 1.29 is 17.9 Å². The molecular weight excluding hydrogens is 420 g/mol. The van der Waals surface area contributed by atoms with E-state index in [2.05, 4.69) is 15.9 Å². The maximum atomic E-state index is 13.3. The molecule has 2 aliphatic heterocycles. The first kappa shape index (κ1) is 17.4. The number of urea groups is 1. The fourth-order valence-electron chi connectivity index (χ4n) is 3.74. The van der Waals surface area contributed by atoms with Gasteiger partial charge in [0.05, 0.1) is 36.4 Å². The van der Waals surface area contributed by atoms with E-state index in [4.69, 9.17) is 4.74 Å². The number of nitrogens with zero attached hydrogens (tertiary/aromatic N) is 2. The molecule has 6 nitrogen and oxygen atoms in total. The molecule has 26 heavy (non-hydrogen) atoms. The molecule has 2 amide bonds. The maximum absolute atomic E-state index is 13.3. The number of methoxy groups -OCH3 is 1. The predicted molar refractivity (Wildman–Crippen MR) is 104 cm³/mol. The first-order valence-electron chi connectivity index (χ1n) is 8.13. The van der Waals surface area contributed by atoms with Crippen LogP contribution in [0.15, 0.2) is 53.0 Å². The number of rotatable bonds is 3. The fourth-order valence-corrected chi connectivity index (χ4v) is 6.05. The Balaban J connectivity index is 1.84. The number of carbonyl (C=O) groups excluding carboxylic acids is 1. The molecule has 2 atom stereocenters. The third-order valence-corrected chi connectivity index (χ3v) is 6.99. The summed E-state index contributed by atoms with van der Waals surface area (Å²) in [7, 11) is -1.69. The molecule has 2 aromatic rings. The minimum Gasteiger partial charge on any atom is -0.495 e. The zero-order chi connectivity index (χ0) is 18.5. The smallest absolute Gasteiger partial charge is 0.329 e. The van der Waals surface area contributed by atoms with Gasteiger partial charge in [0, 0.05) is 10.2 Å². The molecule has 2 fully saturated rings. The van der Waals surface area contributed by atoms with Crippen molar-refractivity contribution in [2.45, 2.75) is 12.1 Å². The highest BCUT2D eigenvalue weighted by molar-refractivity contribution is 9.10. The van der Waals surface area contributed by atoms with Crippen molar-refractivity contribution in [1.29, 1.82) is 0 Å². The summed E-state index contributed by atoms with van der Waals surface area (Å²) >= 11 is 3.42. The summed E-state index contributed by atoms with van der Waals surface area (Å²) in [6.07, 6.45) is 0. The molecule has 2 aromatic carbocycles. The molecule has 0 bridgehead atoms. The quantitative estimate of drug-likeness (QED) is 0.693. The third kappa shape index (κ3) is 2.77. The first-order valence-corrected chi connectivity index (χ1v) is 10.7. The second-order valence-electron chi connectivity index (χ2n) is 6.39. The number of benzene rings is 2. The Labute approximate surface area is 160 Å². The minimum absolute atomic E-state index is 0.0401. The van der Waals surface area contributed by atoms with E-state index < -0.39 is 21.9 Å². The number of ether oxygens (including phenoxy) is 1. The van der Waals surface area contributed by atoms with Crippen LogP contribution in [-0.2, 0) is 9.84 Å². The molecule has 8 heteroatoms. The average molecular weight is 437 g/mol.